The second-order valence-corrected chi connectivity index (χ2v) is 9.08. The molecule has 31 heavy (non-hydrogen) atoms. The number of nitrogens with zero attached hydrogens (tertiary/aromatic N) is 7. The molecule has 3 aromatic heterocycles. The summed E-state index contributed by atoms with van der Waals surface area (Å²) < 4.78 is 0. The molecule has 0 aliphatic carbocycles. The second kappa shape index (κ2) is 8.24. The van der Waals surface area contributed by atoms with Gasteiger partial charge in [-0.15, -0.1) is 5.10 Å². The molecule has 5 heterocycles. The minimum absolute atomic E-state index is 0.280. The number of pyridine rings is 1. The lowest BCUT2D eigenvalue weighted by Crippen LogP contribution is -2.38. The summed E-state index contributed by atoms with van der Waals surface area (Å²) in [6.45, 7) is 10.7. The fraction of sp³-hybridized carbons (Fsp3) is 0.522. The van der Waals surface area contributed by atoms with Crippen LogP contribution < -0.4 is 15.1 Å². The van der Waals surface area contributed by atoms with E-state index in [2.05, 4.69) is 62.1 Å². The topological polar surface area (TPSA) is 83.0 Å². The molecular weight excluding hydrogens is 388 g/mol. The van der Waals surface area contributed by atoms with Gasteiger partial charge in [0, 0.05) is 49.3 Å². The van der Waals surface area contributed by atoms with Crippen LogP contribution in [0.5, 0.6) is 0 Å². The highest BCUT2D eigenvalue weighted by molar-refractivity contribution is 5.95. The Hall–Kier alpha value is -3.03. The fourth-order valence-electron chi connectivity index (χ4n) is 4.38. The maximum Gasteiger partial charge on any atom is 0.227 e. The molecule has 0 aromatic carbocycles. The Morgan fingerprint density at radius 3 is 2.58 bits per heavy atom. The summed E-state index contributed by atoms with van der Waals surface area (Å²) in [5.41, 5.74) is 0.996. The third-order valence-corrected chi connectivity index (χ3v) is 6.21. The van der Waals surface area contributed by atoms with Gasteiger partial charge in [0.1, 0.15) is 11.6 Å². The summed E-state index contributed by atoms with van der Waals surface area (Å²) in [4.78, 5) is 18.5. The third kappa shape index (κ3) is 3.98. The molecule has 2 fully saturated rings. The highest BCUT2D eigenvalue weighted by Gasteiger charge is 2.22. The molecule has 8 heteroatoms. The molecule has 2 aliphatic heterocycles. The smallest absolute Gasteiger partial charge is 0.227 e. The Morgan fingerprint density at radius 1 is 1.00 bits per heavy atom. The van der Waals surface area contributed by atoms with Crippen LogP contribution in [0.15, 0.2) is 24.5 Å². The van der Waals surface area contributed by atoms with Gasteiger partial charge in [-0.1, -0.05) is 20.8 Å². The van der Waals surface area contributed by atoms with Gasteiger partial charge in [0.15, 0.2) is 5.82 Å². The first-order valence-corrected chi connectivity index (χ1v) is 11.3. The van der Waals surface area contributed by atoms with Crippen molar-refractivity contribution in [2.45, 2.75) is 46.0 Å². The van der Waals surface area contributed by atoms with Crippen molar-refractivity contribution in [3.8, 4) is 0 Å². The Balaban J connectivity index is 1.45. The van der Waals surface area contributed by atoms with Crippen LogP contribution >= 0.6 is 0 Å². The van der Waals surface area contributed by atoms with E-state index in [1.165, 1.54) is 19.3 Å². The number of aromatic nitrogens is 5. The first kappa shape index (κ1) is 19.9. The number of nitrogens with one attached hydrogen (secondary N) is 1. The van der Waals surface area contributed by atoms with E-state index in [0.717, 1.165) is 66.0 Å². The predicted molar refractivity (Wildman–Crippen MR) is 124 cm³/mol. The van der Waals surface area contributed by atoms with E-state index in [4.69, 9.17) is 4.98 Å². The van der Waals surface area contributed by atoms with Gasteiger partial charge in [-0.25, -0.2) is 9.97 Å². The molecule has 0 radical (unpaired) electrons. The minimum atomic E-state index is 0.280. The monoisotopic (exact) mass is 418 g/mol. The molecule has 8 nitrogen and oxygen atoms in total. The highest BCUT2D eigenvalue weighted by atomic mass is 15.3. The molecule has 162 valence electrons. The van der Waals surface area contributed by atoms with Crippen LogP contribution in [0, 0.1) is 5.92 Å². The zero-order valence-corrected chi connectivity index (χ0v) is 18.5. The summed E-state index contributed by atoms with van der Waals surface area (Å²) in [5.74, 6) is 4.19. The quantitative estimate of drug-likeness (QED) is 0.662. The van der Waals surface area contributed by atoms with Crippen molar-refractivity contribution in [3.63, 3.8) is 0 Å². The van der Waals surface area contributed by atoms with Gasteiger partial charge in [-0.2, -0.15) is 10.1 Å². The Morgan fingerprint density at radius 2 is 1.84 bits per heavy atom. The van der Waals surface area contributed by atoms with Gasteiger partial charge >= 0.3 is 0 Å². The predicted octanol–water partition coefficient (Wildman–Crippen LogP) is 4.13. The maximum absolute atomic E-state index is 4.76. The summed E-state index contributed by atoms with van der Waals surface area (Å²) in [5, 5.41) is 14.6. The number of rotatable bonds is 5. The average molecular weight is 419 g/mol. The standard InChI is InChI=1S/C23H30N8/c1-15(2)21-17-12-20(25-13-18(17)22(29-28-21)30-10-5-11-30)26-19-7-8-24-23(27-19)31-9-4-6-16(3)14-31/h7-8,12-13,15-16H,4-6,9-11,14H2,1-3H3,(H,24,25,26,27). The number of piperidine rings is 1. The van der Waals surface area contributed by atoms with Gasteiger partial charge in [-0.3, -0.25) is 0 Å². The summed E-state index contributed by atoms with van der Waals surface area (Å²) >= 11 is 0. The van der Waals surface area contributed by atoms with Crippen molar-refractivity contribution in [3.05, 3.63) is 30.2 Å². The van der Waals surface area contributed by atoms with Gasteiger partial charge in [0.2, 0.25) is 5.95 Å². The molecule has 0 spiro atoms. The Labute approximate surface area is 183 Å². The van der Waals surface area contributed by atoms with E-state index in [1.807, 2.05) is 18.5 Å². The van der Waals surface area contributed by atoms with Crippen LogP contribution in [0.3, 0.4) is 0 Å². The largest absolute Gasteiger partial charge is 0.354 e. The molecule has 2 saturated heterocycles. The SMILES string of the molecule is CC1CCCN(c2nccc(Nc3cc4c(C(C)C)nnc(N5CCC5)c4cn3)n2)C1. The van der Waals surface area contributed by atoms with Crippen molar-refractivity contribution >= 4 is 34.2 Å². The summed E-state index contributed by atoms with van der Waals surface area (Å²) in [7, 11) is 0. The molecule has 0 saturated carbocycles. The maximum atomic E-state index is 4.76. The van der Waals surface area contributed by atoms with Crippen molar-refractivity contribution in [1.29, 1.82) is 0 Å². The van der Waals surface area contributed by atoms with Gasteiger partial charge in [0.25, 0.3) is 0 Å². The molecule has 0 amide bonds. The fourth-order valence-corrected chi connectivity index (χ4v) is 4.38. The zero-order chi connectivity index (χ0) is 21.4. The molecule has 1 unspecified atom stereocenters. The van der Waals surface area contributed by atoms with E-state index in [9.17, 15) is 0 Å². The van der Waals surface area contributed by atoms with E-state index in [-0.39, 0.29) is 5.92 Å². The number of hydrogen-bond donors (Lipinski definition) is 1. The van der Waals surface area contributed by atoms with Crippen LogP contribution in [0.4, 0.5) is 23.4 Å². The third-order valence-electron chi connectivity index (χ3n) is 6.21. The van der Waals surface area contributed by atoms with Crippen LogP contribution in [0.25, 0.3) is 10.8 Å². The van der Waals surface area contributed by atoms with Crippen LogP contribution in [0.2, 0.25) is 0 Å². The van der Waals surface area contributed by atoms with E-state index in [1.54, 1.807) is 0 Å². The Kier molecular flexibility index (Phi) is 5.29. The first-order chi connectivity index (χ1) is 15.1. The van der Waals surface area contributed by atoms with Gasteiger partial charge in [0.05, 0.1) is 5.69 Å². The number of hydrogen-bond acceptors (Lipinski definition) is 8. The average Bonchev–Trinajstić information content (AvgIpc) is 2.72. The minimum Gasteiger partial charge on any atom is -0.354 e. The van der Waals surface area contributed by atoms with E-state index in [0.29, 0.717) is 5.92 Å². The molecule has 1 atom stereocenters. The van der Waals surface area contributed by atoms with Crippen LogP contribution in [-0.4, -0.2) is 51.3 Å². The van der Waals surface area contributed by atoms with Crippen molar-refractivity contribution in [1.82, 2.24) is 25.1 Å². The van der Waals surface area contributed by atoms with Crippen molar-refractivity contribution in [2.75, 3.05) is 41.3 Å². The lowest BCUT2D eigenvalue weighted by molar-refractivity contribution is 0.442. The van der Waals surface area contributed by atoms with Crippen LogP contribution in [-0.2, 0) is 0 Å². The summed E-state index contributed by atoms with van der Waals surface area (Å²) in [6.07, 6.45) is 7.40. The van der Waals surface area contributed by atoms with E-state index >= 15 is 0 Å². The first-order valence-electron chi connectivity index (χ1n) is 11.3. The second-order valence-electron chi connectivity index (χ2n) is 9.08. The molecule has 5 rings (SSSR count). The van der Waals surface area contributed by atoms with Crippen molar-refractivity contribution in [2.24, 2.45) is 5.92 Å². The van der Waals surface area contributed by atoms with Crippen molar-refractivity contribution < 1.29 is 0 Å². The molecule has 0 bridgehead atoms. The normalized spacial score (nSPS) is 19.0. The van der Waals surface area contributed by atoms with Gasteiger partial charge < -0.3 is 15.1 Å². The zero-order valence-electron chi connectivity index (χ0n) is 18.5. The lowest BCUT2D eigenvalue weighted by atomic mass is 10.0. The Bertz CT molecular complexity index is 1080. The number of fused-ring (bicyclic) bond motifs is 1. The number of anilines is 4. The highest BCUT2D eigenvalue weighted by Crippen LogP contribution is 2.32. The van der Waals surface area contributed by atoms with E-state index < -0.39 is 0 Å². The molecule has 1 N–H and O–H groups in total. The summed E-state index contributed by atoms with van der Waals surface area (Å²) in [6, 6.07) is 3.97. The molecule has 2 aliphatic rings. The van der Waals surface area contributed by atoms with Crippen LogP contribution in [0.1, 0.15) is 51.6 Å². The molecular formula is C23H30N8. The lowest BCUT2D eigenvalue weighted by Gasteiger charge is -2.32. The van der Waals surface area contributed by atoms with Gasteiger partial charge in [-0.05, 0) is 43.2 Å². The molecule has 3 aromatic rings.